The van der Waals surface area contributed by atoms with Crippen molar-refractivity contribution in [2.24, 2.45) is 0 Å². The minimum Gasteiger partial charge on any atom is -0.493 e. The van der Waals surface area contributed by atoms with Crippen LogP contribution in [0.25, 0.3) is 5.65 Å². The van der Waals surface area contributed by atoms with Crippen LogP contribution in [-0.2, 0) is 13.0 Å². The Morgan fingerprint density at radius 1 is 1.33 bits per heavy atom. The lowest BCUT2D eigenvalue weighted by Gasteiger charge is -2.10. The lowest BCUT2D eigenvalue weighted by Crippen LogP contribution is -2.17. The maximum atomic E-state index is 12.5. The molecule has 126 valence electrons. The van der Waals surface area contributed by atoms with Crippen molar-refractivity contribution in [2.75, 3.05) is 14.1 Å². The van der Waals surface area contributed by atoms with Gasteiger partial charge in [0.05, 0.1) is 11.3 Å². The fourth-order valence-electron chi connectivity index (χ4n) is 2.77. The summed E-state index contributed by atoms with van der Waals surface area (Å²) in [5, 5.41) is 15.5. The summed E-state index contributed by atoms with van der Waals surface area (Å²) in [6.07, 6.45) is 0.277. The molecule has 2 heterocycles. The number of halogens is 1. The smallest absolute Gasteiger partial charge is 0.258 e. The number of aryl methyl sites for hydroxylation is 1. The molecule has 0 bridgehead atoms. The molecular weight excluding hydrogens is 328 g/mol. The highest BCUT2D eigenvalue weighted by molar-refractivity contribution is 6.30. The number of aromatic hydroxyl groups is 1. The number of rotatable bonds is 4. The van der Waals surface area contributed by atoms with Crippen LogP contribution in [0.4, 0.5) is 0 Å². The van der Waals surface area contributed by atoms with Gasteiger partial charge in [0.1, 0.15) is 5.65 Å². The van der Waals surface area contributed by atoms with Crippen LogP contribution in [0, 0.1) is 6.92 Å². The Bertz CT molecular complexity index is 959. The fourth-order valence-corrected chi connectivity index (χ4v) is 2.98. The molecule has 0 spiro atoms. The number of benzene rings is 1. The van der Waals surface area contributed by atoms with Crippen molar-refractivity contribution in [1.29, 1.82) is 0 Å². The van der Waals surface area contributed by atoms with Crippen LogP contribution in [0.15, 0.2) is 29.1 Å². The molecule has 0 fully saturated rings. The van der Waals surface area contributed by atoms with Gasteiger partial charge in [0.2, 0.25) is 5.88 Å². The Kier molecular flexibility index (Phi) is 4.34. The molecule has 0 aliphatic rings. The van der Waals surface area contributed by atoms with E-state index in [1.54, 1.807) is 12.1 Å². The molecule has 3 aromatic rings. The molecule has 2 aromatic heterocycles. The number of hydrogen-bond acceptors (Lipinski definition) is 4. The number of aromatic nitrogens is 3. The molecule has 0 aliphatic carbocycles. The van der Waals surface area contributed by atoms with Crippen molar-refractivity contribution in [1.82, 2.24) is 19.5 Å². The van der Waals surface area contributed by atoms with E-state index >= 15 is 0 Å². The Balaban J connectivity index is 2.12. The summed E-state index contributed by atoms with van der Waals surface area (Å²) in [6.45, 7) is 2.48. The zero-order chi connectivity index (χ0) is 17.4. The molecule has 0 radical (unpaired) electrons. The van der Waals surface area contributed by atoms with Gasteiger partial charge >= 0.3 is 0 Å². The van der Waals surface area contributed by atoms with Gasteiger partial charge in [0.15, 0.2) is 0 Å². The first-order valence-corrected chi connectivity index (χ1v) is 7.96. The number of H-pyrrole nitrogens is 1. The van der Waals surface area contributed by atoms with Gasteiger partial charge in [-0.2, -0.15) is 9.61 Å². The molecule has 0 saturated carbocycles. The van der Waals surface area contributed by atoms with Gasteiger partial charge in [-0.25, -0.2) is 0 Å². The number of nitrogens with one attached hydrogen (secondary N) is 1. The van der Waals surface area contributed by atoms with E-state index in [9.17, 15) is 9.90 Å². The summed E-state index contributed by atoms with van der Waals surface area (Å²) >= 11 is 5.99. The third-order valence-corrected chi connectivity index (χ3v) is 4.14. The average Bonchev–Trinajstić information content (AvgIpc) is 2.80. The van der Waals surface area contributed by atoms with Crippen molar-refractivity contribution in [3.8, 4) is 5.88 Å². The molecule has 0 amide bonds. The van der Waals surface area contributed by atoms with E-state index in [4.69, 9.17) is 11.6 Å². The van der Waals surface area contributed by atoms with E-state index in [2.05, 4.69) is 10.1 Å². The summed E-state index contributed by atoms with van der Waals surface area (Å²) in [6, 6.07) is 7.22. The predicted molar refractivity (Wildman–Crippen MR) is 93.9 cm³/mol. The molecule has 7 heteroatoms. The van der Waals surface area contributed by atoms with Gasteiger partial charge in [0.25, 0.3) is 5.56 Å². The van der Waals surface area contributed by atoms with Crippen molar-refractivity contribution >= 4 is 17.2 Å². The Hall–Kier alpha value is -2.31. The highest BCUT2D eigenvalue weighted by Gasteiger charge is 2.18. The molecule has 0 aliphatic heterocycles. The van der Waals surface area contributed by atoms with E-state index in [1.807, 2.05) is 38.1 Å². The summed E-state index contributed by atoms with van der Waals surface area (Å²) in [5.41, 5.74) is 2.98. The molecular formula is C17H19ClN4O2. The number of aromatic amines is 1. The lowest BCUT2D eigenvalue weighted by molar-refractivity contribution is 0.402. The molecule has 1 aromatic carbocycles. The Morgan fingerprint density at radius 3 is 2.75 bits per heavy atom. The topological polar surface area (TPSA) is 73.6 Å². The average molecular weight is 347 g/mol. The maximum Gasteiger partial charge on any atom is 0.258 e. The molecule has 24 heavy (non-hydrogen) atoms. The summed E-state index contributed by atoms with van der Waals surface area (Å²) in [5.74, 6) is -0.137. The van der Waals surface area contributed by atoms with Crippen LogP contribution < -0.4 is 5.56 Å². The standard InChI is InChI=1S/C17H19ClN4O2/c1-10-14(9-21(2)3)15-19-16(23)13(17(24)22(15)20-10)8-11-5-4-6-12(18)7-11/h4-7,24H,8-9H2,1-3H3,(H,19,23). The number of hydrogen-bond donors (Lipinski definition) is 2. The SMILES string of the molecule is Cc1nn2c(O)c(Cc3cccc(Cl)c3)c(=O)[nH]c2c1CN(C)C. The van der Waals surface area contributed by atoms with Crippen LogP contribution >= 0.6 is 11.6 Å². The zero-order valence-corrected chi connectivity index (χ0v) is 14.6. The highest BCUT2D eigenvalue weighted by Crippen LogP contribution is 2.23. The van der Waals surface area contributed by atoms with Crippen LogP contribution in [0.3, 0.4) is 0 Å². The van der Waals surface area contributed by atoms with Gasteiger partial charge in [-0.3, -0.25) is 4.79 Å². The first kappa shape index (κ1) is 16.5. The minimum atomic E-state index is -0.320. The Labute approximate surface area is 144 Å². The molecule has 2 N–H and O–H groups in total. The normalized spacial score (nSPS) is 11.5. The molecule has 6 nitrogen and oxygen atoms in total. The molecule has 3 rings (SSSR count). The minimum absolute atomic E-state index is 0.137. The third-order valence-electron chi connectivity index (χ3n) is 3.91. The monoisotopic (exact) mass is 346 g/mol. The van der Waals surface area contributed by atoms with Gasteiger partial charge in [-0.05, 0) is 38.7 Å². The van der Waals surface area contributed by atoms with Crippen LogP contribution in [-0.4, -0.2) is 38.7 Å². The van der Waals surface area contributed by atoms with Crippen molar-refractivity contribution in [3.63, 3.8) is 0 Å². The van der Waals surface area contributed by atoms with Gasteiger partial charge in [-0.15, -0.1) is 0 Å². The highest BCUT2D eigenvalue weighted by atomic mass is 35.5. The fraction of sp³-hybridized carbons (Fsp3) is 0.294. The predicted octanol–water partition coefficient (Wildman–Crippen LogP) is 2.34. The van der Waals surface area contributed by atoms with Crippen molar-refractivity contribution in [2.45, 2.75) is 19.9 Å². The number of fused-ring (bicyclic) bond motifs is 1. The van der Waals surface area contributed by atoms with E-state index < -0.39 is 0 Å². The first-order chi connectivity index (χ1) is 11.4. The summed E-state index contributed by atoms with van der Waals surface area (Å²) in [4.78, 5) is 17.3. The second kappa shape index (κ2) is 6.30. The van der Waals surface area contributed by atoms with Crippen molar-refractivity contribution in [3.05, 3.63) is 62.0 Å². The lowest BCUT2D eigenvalue weighted by atomic mass is 10.1. The summed E-state index contributed by atoms with van der Waals surface area (Å²) < 4.78 is 1.40. The molecule has 0 unspecified atom stereocenters. The third kappa shape index (κ3) is 3.02. The van der Waals surface area contributed by atoms with E-state index in [0.29, 0.717) is 17.2 Å². The number of nitrogens with zero attached hydrogens (tertiary/aromatic N) is 3. The van der Waals surface area contributed by atoms with E-state index in [1.165, 1.54) is 4.52 Å². The van der Waals surface area contributed by atoms with E-state index in [-0.39, 0.29) is 23.4 Å². The quantitative estimate of drug-likeness (QED) is 0.760. The van der Waals surface area contributed by atoms with Crippen molar-refractivity contribution < 1.29 is 5.11 Å². The van der Waals surface area contributed by atoms with Gasteiger partial charge < -0.3 is 15.0 Å². The zero-order valence-electron chi connectivity index (χ0n) is 13.8. The van der Waals surface area contributed by atoms with Crippen LogP contribution in [0.2, 0.25) is 5.02 Å². The second-order valence-corrected chi connectivity index (χ2v) is 6.56. The maximum absolute atomic E-state index is 12.5. The van der Waals surface area contributed by atoms with Crippen LogP contribution in [0.5, 0.6) is 5.88 Å². The van der Waals surface area contributed by atoms with E-state index in [0.717, 1.165) is 16.8 Å². The summed E-state index contributed by atoms with van der Waals surface area (Å²) in [7, 11) is 3.88. The molecule has 0 atom stereocenters. The largest absolute Gasteiger partial charge is 0.493 e. The van der Waals surface area contributed by atoms with Gasteiger partial charge in [-0.1, -0.05) is 23.7 Å². The molecule has 0 saturated heterocycles. The van der Waals surface area contributed by atoms with Crippen LogP contribution in [0.1, 0.15) is 22.4 Å². The van der Waals surface area contributed by atoms with Gasteiger partial charge in [0, 0.05) is 23.6 Å². The first-order valence-electron chi connectivity index (χ1n) is 7.58. The Morgan fingerprint density at radius 2 is 2.08 bits per heavy atom. The second-order valence-electron chi connectivity index (χ2n) is 6.13.